The number of nitrogens with one attached hydrogen (secondary N) is 2. The number of carbonyl (C=O) groups is 1. The van der Waals surface area contributed by atoms with Crippen molar-refractivity contribution >= 4 is 92.4 Å². The summed E-state index contributed by atoms with van der Waals surface area (Å²) in [7, 11) is -5.86. The summed E-state index contributed by atoms with van der Waals surface area (Å²) in [4.78, 5) is 37.8. The predicted octanol–water partition coefficient (Wildman–Crippen LogP) is 9.89. The zero-order valence-corrected chi connectivity index (χ0v) is 45.1. The predicted molar refractivity (Wildman–Crippen MR) is 289 cm³/mol. The van der Waals surface area contributed by atoms with E-state index in [2.05, 4.69) is 76.4 Å². The lowest BCUT2D eigenvalue weighted by Crippen LogP contribution is -2.47. The number of nitro benzene ring substituents is 1. The van der Waals surface area contributed by atoms with Crippen LogP contribution in [0.5, 0.6) is 0 Å². The van der Waals surface area contributed by atoms with Crippen LogP contribution in [0.2, 0.25) is 30.7 Å². The normalized spacial score (nSPS) is 18.8. The molecule has 5 aromatic rings. The minimum atomic E-state index is -4.60. The van der Waals surface area contributed by atoms with E-state index in [1.807, 2.05) is 41.1 Å². The van der Waals surface area contributed by atoms with Crippen LogP contribution in [0.15, 0.2) is 94.5 Å². The van der Waals surface area contributed by atoms with Crippen LogP contribution in [0.25, 0.3) is 16.6 Å². The van der Waals surface area contributed by atoms with Crippen LogP contribution in [0, 0.1) is 15.5 Å². The van der Waals surface area contributed by atoms with Crippen molar-refractivity contribution in [3.05, 3.63) is 111 Å². The molecule has 4 aliphatic rings. The number of amides is 1. The fourth-order valence-electron chi connectivity index (χ4n) is 9.76. The van der Waals surface area contributed by atoms with Crippen molar-refractivity contribution in [2.45, 2.75) is 81.6 Å². The highest BCUT2D eigenvalue weighted by molar-refractivity contribution is 7.99. The molecule has 16 nitrogen and oxygen atoms in total. The van der Waals surface area contributed by atoms with Crippen LogP contribution >= 0.6 is 23.4 Å². The van der Waals surface area contributed by atoms with Gasteiger partial charge in [-0.2, -0.15) is 0 Å². The maximum atomic E-state index is 14.5. The van der Waals surface area contributed by atoms with Crippen LogP contribution in [0.3, 0.4) is 0 Å². The molecule has 2 aromatic heterocycles. The molecule has 1 aliphatic carbocycles. The number of sulfonamides is 1. The minimum absolute atomic E-state index is 0.116. The zero-order valence-electron chi connectivity index (χ0n) is 41.7. The highest BCUT2D eigenvalue weighted by Gasteiger charge is 2.32. The summed E-state index contributed by atoms with van der Waals surface area (Å²) in [5, 5.41) is 17.7. The number of allylic oxidation sites excluding steroid dienone is 1. The van der Waals surface area contributed by atoms with Gasteiger partial charge in [0.25, 0.3) is 21.6 Å². The number of ether oxygens (including phenoxy) is 3. The standard InChI is InChI=1S/C52H65ClN8O8S2Si/c1-52(2)16-14-38(44(31-52)36-6-8-39(53)9-7-36)33-57-18-20-58(21-19-57)40-10-12-43(50(62)56-71(65,66)42-11-13-45(47(30-42)61(63)64)54-32-41-34-67-23-24-69-41)46(29-40)60-22-26-70-51-48(60)28-37-15-17-59(49(37)55-51)35-68-25-27-72(3,4)5/h6-13,15,17,28-30,41,54H,14,16,18-27,31-35H2,1-5H3,(H,56,62)/t41-/m0/s1. The first-order chi connectivity index (χ1) is 34.4. The Kier molecular flexibility index (Phi) is 15.7. The summed E-state index contributed by atoms with van der Waals surface area (Å²) >= 11 is 7.93. The highest BCUT2D eigenvalue weighted by atomic mass is 35.5. The Morgan fingerprint density at radius 1 is 1.00 bits per heavy atom. The number of hydrogen-bond donors (Lipinski definition) is 2. The molecule has 2 N–H and O–H groups in total. The van der Waals surface area contributed by atoms with E-state index in [9.17, 15) is 23.3 Å². The Balaban J connectivity index is 0.989. The number of halogens is 1. The monoisotopic (exact) mass is 1060 g/mol. The molecule has 0 bridgehead atoms. The molecule has 5 heterocycles. The molecule has 72 heavy (non-hydrogen) atoms. The average molecular weight is 1060 g/mol. The molecule has 2 fully saturated rings. The van der Waals surface area contributed by atoms with E-state index in [1.54, 1.807) is 17.8 Å². The van der Waals surface area contributed by atoms with Crippen molar-refractivity contribution < 1.29 is 32.3 Å². The maximum Gasteiger partial charge on any atom is 0.293 e. The number of carbonyl (C=O) groups excluding carboxylic acids is 1. The minimum Gasteiger partial charge on any atom is -0.377 e. The Bertz CT molecular complexity index is 2950. The summed E-state index contributed by atoms with van der Waals surface area (Å²) in [6.07, 6.45) is 4.86. The Labute approximate surface area is 432 Å². The number of thioether (sulfide) groups is 1. The quantitative estimate of drug-likeness (QED) is 0.0390. The van der Waals surface area contributed by atoms with Crippen molar-refractivity contribution in [2.24, 2.45) is 5.41 Å². The Morgan fingerprint density at radius 3 is 2.53 bits per heavy atom. The van der Waals surface area contributed by atoms with Gasteiger partial charge in [-0.25, -0.2) is 18.1 Å². The lowest BCUT2D eigenvalue weighted by molar-refractivity contribution is -0.384. The molecular weight excluding hydrogens is 992 g/mol. The van der Waals surface area contributed by atoms with Crippen LogP contribution in [0.1, 0.15) is 49.0 Å². The van der Waals surface area contributed by atoms with E-state index >= 15 is 0 Å². The van der Waals surface area contributed by atoms with Crippen molar-refractivity contribution in [3.8, 4) is 0 Å². The largest absolute Gasteiger partial charge is 0.377 e. The fraction of sp³-hybridized carbons (Fsp3) is 0.462. The van der Waals surface area contributed by atoms with Gasteiger partial charge in [-0.05, 0) is 96.5 Å². The van der Waals surface area contributed by atoms with Gasteiger partial charge in [0, 0.05) is 94.6 Å². The first-order valence-electron chi connectivity index (χ1n) is 24.7. The third-order valence-electron chi connectivity index (χ3n) is 13.9. The second-order valence-electron chi connectivity index (χ2n) is 21.1. The SMILES string of the molecule is CC1(C)CCC(CN2CCN(c3ccc(C(=O)NS(=O)(=O)c4ccc(NC[C@H]5COCCO5)c([N+](=O)[O-])c4)c(N4CCSc5nc6c(ccn6COCC[Si](C)(C)C)cc54)c3)CC2)=C(c2ccc(Cl)cc2)C1. The highest BCUT2D eigenvalue weighted by Crippen LogP contribution is 2.45. The van der Waals surface area contributed by atoms with Gasteiger partial charge in [0.1, 0.15) is 23.1 Å². The number of rotatable bonds is 17. The molecule has 3 aliphatic heterocycles. The second-order valence-corrected chi connectivity index (χ2v) is 29.9. The summed E-state index contributed by atoms with van der Waals surface area (Å²) in [5.41, 5.74) is 7.19. The average Bonchev–Trinajstić information content (AvgIpc) is 3.75. The van der Waals surface area contributed by atoms with Gasteiger partial charge in [0.05, 0.1) is 52.7 Å². The van der Waals surface area contributed by atoms with Gasteiger partial charge < -0.3 is 33.9 Å². The molecule has 2 saturated heterocycles. The van der Waals surface area contributed by atoms with E-state index in [1.165, 1.54) is 28.8 Å². The van der Waals surface area contributed by atoms with Crippen molar-refractivity contribution in [1.29, 1.82) is 0 Å². The van der Waals surface area contributed by atoms with E-state index in [4.69, 9.17) is 30.8 Å². The third-order valence-corrected chi connectivity index (χ3v) is 18.2. The van der Waals surface area contributed by atoms with E-state index in [0.717, 1.165) is 96.6 Å². The van der Waals surface area contributed by atoms with Crippen LogP contribution < -0.4 is 19.8 Å². The fourth-order valence-corrected chi connectivity index (χ4v) is 12.6. The summed E-state index contributed by atoms with van der Waals surface area (Å²) in [5.74, 6) is -0.201. The molecule has 0 unspecified atom stereocenters. The molecule has 384 valence electrons. The molecule has 1 amide bonds. The van der Waals surface area contributed by atoms with E-state index in [0.29, 0.717) is 51.1 Å². The first-order valence-corrected chi connectivity index (χ1v) is 31.3. The maximum absolute atomic E-state index is 14.5. The summed E-state index contributed by atoms with van der Waals surface area (Å²) in [6, 6.07) is 22.5. The number of anilines is 4. The van der Waals surface area contributed by atoms with Crippen LogP contribution in [-0.4, -0.2) is 126 Å². The summed E-state index contributed by atoms with van der Waals surface area (Å²) < 4.78 is 49.6. The number of aromatic nitrogens is 2. The number of piperazine rings is 1. The van der Waals surface area contributed by atoms with Crippen molar-refractivity contribution in [2.75, 3.05) is 93.1 Å². The Hall–Kier alpha value is -4.99. The number of fused-ring (bicyclic) bond motifs is 2. The Morgan fingerprint density at radius 2 is 1.79 bits per heavy atom. The number of hydrogen-bond acceptors (Lipinski definition) is 14. The number of benzene rings is 3. The lowest BCUT2D eigenvalue weighted by atomic mass is 9.72. The molecule has 1 atom stereocenters. The van der Waals surface area contributed by atoms with Gasteiger partial charge in [0.15, 0.2) is 0 Å². The van der Waals surface area contributed by atoms with Gasteiger partial charge in [-0.3, -0.25) is 19.8 Å². The smallest absolute Gasteiger partial charge is 0.293 e. The second kappa shape index (κ2) is 21.8. The molecule has 0 saturated carbocycles. The van der Waals surface area contributed by atoms with Gasteiger partial charge in [-0.15, -0.1) is 11.8 Å². The van der Waals surface area contributed by atoms with E-state index < -0.39 is 39.5 Å². The van der Waals surface area contributed by atoms with E-state index in [-0.39, 0.29) is 29.3 Å². The van der Waals surface area contributed by atoms with Crippen LogP contribution in [0.4, 0.5) is 28.4 Å². The molecule has 0 spiro atoms. The number of nitrogens with zero attached hydrogens (tertiary/aromatic N) is 6. The first kappa shape index (κ1) is 51.9. The summed E-state index contributed by atoms with van der Waals surface area (Å²) in [6.45, 7) is 18.8. The van der Waals surface area contributed by atoms with Gasteiger partial charge in [-0.1, -0.05) is 62.8 Å². The molecule has 20 heteroatoms. The van der Waals surface area contributed by atoms with Gasteiger partial charge in [0.2, 0.25) is 0 Å². The zero-order chi connectivity index (χ0) is 50.8. The van der Waals surface area contributed by atoms with Gasteiger partial charge >= 0.3 is 0 Å². The molecule has 9 rings (SSSR count). The van der Waals surface area contributed by atoms with Crippen LogP contribution in [-0.2, 0) is 31.0 Å². The van der Waals surface area contributed by atoms with Crippen molar-refractivity contribution in [3.63, 3.8) is 0 Å². The molecular formula is C52H65ClN8O8S2Si. The number of nitro groups is 1. The number of pyridine rings is 1. The molecule has 0 radical (unpaired) electrons. The lowest BCUT2D eigenvalue weighted by Gasteiger charge is -2.40. The van der Waals surface area contributed by atoms with Crippen molar-refractivity contribution in [1.82, 2.24) is 19.2 Å². The topological polar surface area (TPSA) is 174 Å². The third kappa shape index (κ3) is 12.3. The molecule has 3 aromatic carbocycles.